The molecule has 1 aliphatic rings. The van der Waals surface area contributed by atoms with E-state index in [-0.39, 0.29) is 17.5 Å². The van der Waals surface area contributed by atoms with Crippen LogP contribution in [0.3, 0.4) is 0 Å². The number of phenolic OH excluding ortho intramolecular Hbond substituents is 1. The summed E-state index contributed by atoms with van der Waals surface area (Å²) in [5, 5.41) is 19.8. The Morgan fingerprint density at radius 3 is 2.88 bits per heavy atom. The molecule has 16 heavy (non-hydrogen) atoms. The number of anilines is 1. The number of benzene rings is 1. The maximum absolute atomic E-state index is 10.3. The number of likely N-dealkylation sites (tertiary alicyclic amines) is 1. The second kappa shape index (κ2) is 4.31. The van der Waals surface area contributed by atoms with E-state index in [1.165, 1.54) is 6.07 Å². The van der Waals surface area contributed by atoms with Gasteiger partial charge >= 0.3 is 0 Å². The van der Waals surface area contributed by atoms with E-state index in [9.17, 15) is 10.2 Å². The van der Waals surface area contributed by atoms with Crippen molar-refractivity contribution in [2.45, 2.75) is 25.0 Å². The smallest absolute Gasteiger partial charge is 0.138 e. The van der Waals surface area contributed by atoms with Crippen LogP contribution in [0.1, 0.15) is 24.5 Å². The topological polar surface area (TPSA) is 69.7 Å². The minimum Gasteiger partial charge on any atom is -0.506 e. The molecule has 2 unspecified atom stereocenters. The largest absolute Gasteiger partial charge is 0.506 e. The number of aromatic hydroxyl groups is 1. The number of para-hydroxylation sites is 1. The highest BCUT2D eigenvalue weighted by Crippen LogP contribution is 2.34. The molecule has 0 aliphatic carbocycles. The average molecular weight is 222 g/mol. The van der Waals surface area contributed by atoms with E-state index in [2.05, 4.69) is 4.90 Å². The van der Waals surface area contributed by atoms with Crippen LogP contribution >= 0.6 is 0 Å². The van der Waals surface area contributed by atoms with Gasteiger partial charge in [-0.3, -0.25) is 0 Å². The third-order valence-corrected chi connectivity index (χ3v) is 3.38. The first-order valence-electron chi connectivity index (χ1n) is 5.57. The molecule has 2 rings (SSSR count). The number of nitrogens with zero attached hydrogens (tertiary/aromatic N) is 1. The minimum atomic E-state index is -0.625. The Kier molecular flexibility index (Phi) is 3.03. The van der Waals surface area contributed by atoms with Gasteiger partial charge in [0.25, 0.3) is 0 Å². The Labute approximate surface area is 95.3 Å². The Hall–Kier alpha value is -1.26. The van der Waals surface area contributed by atoms with E-state index < -0.39 is 6.10 Å². The summed E-state index contributed by atoms with van der Waals surface area (Å²) in [5.41, 5.74) is 6.68. The van der Waals surface area contributed by atoms with Gasteiger partial charge in [-0.15, -0.1) is 0 Å². The Morgan fingerprint density at radius 2 is 2.25 bits per heavy atom. The van der Waals surface area contributed by atoms with E-state index in [1.807, 2.05) is 7.05 Å². The first-order valence-corrected chi connectivity index (χ1v) is 5.57. The van der Waals surface area contributed by atoms with Gasteiger partial charge in [-0.25, -0.2) is 0 Å². The van der Waals surface area contributed by atoms with Gasteiger partial charge in [-0.2, -0.15) is 0 Å². The summed E-state index contributed by atoms with van der Waals surface area (Å²) in [6.07, 6.45) is 1.43. The highest BCUT2D eigenvalue weighted by molar-refractivity contribution is 5.58. The van der Waals surface area contributed by atoms with Crippen LogP contribution in [0.15, 0.2) is 18.2 Å². The molecule has 0 saturated carbocycles. The van der Waals surface area contributed by atoms with E-state index >= 15 is 0 Å². The predicted molar refractivity (Wildman–Crippen MR) is 63.1 cm³/mol. The molecular formula is C12H18N2O2. The lowest BCUT2D eigenvalue weighted by atomic mass is 9.98. The van der Waals surface area contributed by atoms with Crippen molar-refractivity contribution in [3.63, 3.8) is 0 Å². The number of nitrogen functional groups attached to an aromatic ring is 1. The van der Waals surface area contributed by atoms with Gasteiger partial charge in [-0.05, 0) is 32.5 Å². The van der Waals surface area contributed by atoms with Gasteiger partial charge in [0.2, 0.25) is 0 Å². The van der Waals surface area contributed by atoms with Crippen molar-refractivity contribution in [2.24, 2.45) is 0 Å². The van der Waals surface area contributed by atoms with Crippen molar-refractivity contribution < 1.29 is 10.2 Å². The molecule has 2 atom stereocenters. The molecule has 1 saturated heterocycles. The summed E-state index contributed by atoms with van der Waals surface area (Å²) in [4.78, 5) is 2.13. The number of rotatable bonds is 2. The quantitative estimate of drug-likeness (QED) is 0.518. The zero-order valence-electron chi connectivity index (χ0n) is 9.43. The lowest BCUT2D eigenvalue weighted by molar-refractivity contribution is 0.0861. The standard InChI is InChI=1S/C12H18N2O2/c1-14-7-3-5-9(14)12(16)8-4-2-6-10(15)11(8)13/h2,4,6,9,12,15-16H,3,5,7,13H2,1H3. The van der Waals surface area contributed by atoms with Gasteiger partial charge in [0.05, 0.1) is 11.8 Å². The summed E-state index contributed by atoms with van der Waals surface area (Å²) in [7, 11) is 2.00. The molecule has 1 aromatic carbocycles. The van der Waals surface area contributed by atoms with Crippen LogP contribution in [0.25, 0.3) is 0 Å². The average Bonchev–Trinajstić information content (AvgIpc) is 2.68. The van der Waals surface area contributed by atoms with E-state index in [1.54, 1.807) is 12.1 Å². The zero-order valence-corrected chi connectivity index (χ0v) is 9.43. The van der Waals surface area contributed by atoms with E-state index in [0.29, 0.717) is 5.56 Å². The second-order valence-corrected chi connectivity index (χ2v) is 4.42. The fourth-order valence-corrected chi connectivity index (χ4v) is 2.37. The highest BCUT2D eigenvalue weighted by atomic mass is 16.3. The first-order chi connectivity index (χ1) is 7.61. The van der Waals surface area contributed by atoms with Crippen LogP contribution in [0.5, 0.6) is 5.75 Å². The van der Waals surface area contributed by atoms with E-state index in [0.717, 1.165) is 19.4 Å². The monoisotopic (exact) mass is 222 g/mol. The third kappa shape index (κ3) is 1.86. The lowest BCUT2D eigenvalue weighted by Gasteiger charge is -2.26. The van der Waals surface area contributed by atoms with Gasteiger partial charge in [0.15, 0.2) is 0 Å². The molecule has 1 fully saturated rings. The number of aliphatic hydroxyl groups is 1. The summed E-state index contributed by atoms with van der Waals surface area (Å²) in [5.74, 6) is 0.0391. The molecule has 1 heterocycles. The molecule has 0 radical (unpaired) electrons. The predicted octanol–water partition coefficient (Wildman–Crippen LogP) is 1.10. The van der Waals surface area contributed by atoms with Crippen molar-refractivity contribution >= 4 is 5.69 Å². The van der Waals surface area contributed by atoms with Crippen molar-refractivity contribution in [3.8, 4) is 5.75 Å². The van der Waals surface area contributed by atoms with Crippen LogP contribution in [0.2, 0.25) is 0 Å². The molecule has 0 amide bonds. The molecule has 4 N–H and O–H groups in total. The number of aliphatic hydroxyl groups excluding tert-OH is 1. The van der Waals surface area contributed by atoms with Crippen molar-refractivity contribution in [2.75, 3.05) is 19.3 Å². The molecule has 0 spiro atoms. The normalized spacial score (nSPS) is 23.5. The molecule has 1 aromatic rings. The highest BCUT2D eigenvalue weighted by Gasteiger charge is 2.30. The minimum absolute atomic E-state index is 0.0391. The Balaban J connectivity index is 2.26. The van der Waals surface area contributed by atoms with Crippen molar-refractivity contribution in [1.29, 1.82) is 0 Å². The maximum Gasteiger partial charge on any atom is 0.138 e. The van der Waals surface area contributed by atoms with Crippen LogP contribution in [0.4, 0.5) is 5.69 Å². The Morgan fingerprint density at radius 1 is 1.50 bits per heavy atom. The van der Waals surface area contributed by atoms with Crippen LogP contribution in [-0.4, -0.2) is 34.7 Å². The summed E-state index contributed by atoms with van der Waals surface area (Å²) >= 11 is 0. The molecule has 1 aliphatic heterocycles. The van der Waals surface area contributed by atoms with Crippen molar-refractivity contribution in [3.05, 3.63) is 23.8 Å². The number of hydrogen-bond acceptors (Lipinski definition) is 4. The second-order valence-electron chi connectivity index (χ2n) is 4.42. The summed E-state index contributed by atoms with van der Waals surface area (Å²) < 4.78 is 0. The van der Waals surface area contributed by atoms with Crippen LogP contribution in [-0.2, 0) is 0 Å². The molecule has 88 valence electrons. The third-order valence-electron chi connectivity index (χ3n) is 3.38. The van der Waals surface area contributed by atoms with Crippen LogP contribution < -0.4 is 5.73 Å². The molecule has 4 heteroatoms. The van der Waals surface area contributed by atoms with Gasteiger partial charge in [0, 0.05) is 11.6 Å². The molecule has 0 bridgehead atoms. The summed E-state index contributed by atoms with van der Waals surface area (Å²) in [6, 6.07) is 5.11. The summed E-state index contributed by atoms with van der Waals surface area (Å²) in [6.45, 7) is 1.00. The van der Waals surface area contributed by atoms with E-state index in [4.69, 9.17) is 5.73 Å². The number of hydrogen-bond donors (Lipinski definition) is 3. The maximum atomic E-state index is 10.3. The molecule has 0 aromatic heterocycles. The van der Waals surface area contributed by atoms with Gasteiger partial charge < -0.3 is 20.8 Å². The molecule has 4 nitrogen and oxygen atoms in total. The lowest BCUT2D eigenvalue weighted by Crippen LogP contribution is -2.31. The SMILES string of the molecule is CN1CCCC1C(O)c1cccc(O)c1N. The van der Waals surface area contributed by atoms with Gasteiger partial charge in [-0.1, -0.05) is 12.1 Å². The first kappa shape index (κ1) is 11.2. The van der Waals surface area contributed by atoms with Crippen LogP contribution in [0, 0.1) is 0 Å². The molecular weight excluding hydrogens is 204 g/mol. The number of likely N-dealkylation sites (N-methyl/N-ethyl adjacent to an activating group) is 1. The Bertz CT molecular complexity index is 381. The fourth-order valence-electron chi connectivity index (χ4n) is 2.37. The fraction of sp³-hybridized carbons (Fsp3) is 0.500. The number of nitrogens with two attached hydrogens (primary N) is 1. The number of phenols is 1. The zero-order chi connectivity index (χ0) is 11.7. The van der Waals surface area contributed by atoms with Crippen molar-refractivity contribution in [1.82, 2.24) is 4.90 Å². The van der Waals surface area contributed by atoms with Gasteiger partial charge in [0.1, 0.15) is 5.75 Å².